The highest BCUT2D eigenvalue weighted by Crippen LogP contribution is 2.00. The zero-order valence-corrected chi connectivity index (χ0v) is 7.92. The Morgan fingerprint density at radius 2 is 2.25 bits per heavy atom. The fourth-order valence-electron chi connectivity index (χ4n) is 0.854. The molecule has 0 spiro atoms. The monoisotopic (exact) mass is 175 g/mol. The van der Waals surface area contributed by atoms with Crippen molar-refractivity contribution in [1.29, 1.82) is 0 Å². The van der Waals surface area contributed by atoms with Gasteiger partial charge in [0.05, 0.1) is 6.61 Å². The van der Waals surface area contributed by atoms with Crippen molar-refractivity contribution in [3.8, 4) is 0 Å². The second kappa shape index (κ2) is 7.06. The molecule has 1 unspecified atom stereocenters. The number of amides is 1. The fourth-order valence-corrected chi connectivity index (χ4v) is 0.854. The number of methoxy groups -OCH3 is 1. The number of hydrogen-bond acceptors (Lipinski definition) is 3. The van der Waals surface area contributed by atoms with E-state index in [4.69, 9.17) is 9.57 Å². The first-order valence-corrected chi connectivity index (χ1v) is 4.10. The van der Waals surface area contributed by atoms with Crippen molar-refractivity contribution in [2.24, 2.45) is 5.92 Å². The molecule has 0 aliphatic carbocycles. The number of nitrogens with one attached hydrogen (secondary N) is 1. The standard InChI is InChI=1S/C8H17NO3/c1-4-12-9-8(10)5-7(2)6-11-3/h7H,4-6H2,1-3H3,(H,9,10). The van der Waals surface area contributed by atoms with E-state index in [1.165, 1.54) is 0 Å². The highest BCUT2D eigenvalue weighted by Gasteiger charge is 2.07. The molecule has 0 fully saturated rings. The molecule has 0 rings (SSSR count). The smallest absolute Gasteiger partial charge is 0.243 e. The topological polar surface area (TPSA) is 47.6 Å². The van der Waals surface area contributed by atoms with Gasteiger partial charge in [-0.2, -0.15) is 0 Å². The average molecular weight is 175 g/mol. The van der Waals surface area contributed by atoms with Crippen LogP contribution >= 0.6 is 0 Å². The Morgan fingerprint density at radius 1 is 1.58 bits per heavy atom. The Balaban J connectivity index is 3.40. The lowest BCUT2D eigenvalue weighted by Crippen LogP contribution is -2.26. The van der Waals surface area contributed by atoms with Gasteiger partial charge in [0.15, 0.2) is 0 Å². The van der Waals surface area contributed by atoms with Crippen molar-refractivity contribution in [1.82, 2.24) is 5.48 Å². The van der Waals surface area contributed by atoms with Crippen molar-refractivity contribution >= 4 is 5.91 Å². The molecule has 1 atom stereocenters. The highest BCUT2D eigenvalue weighted by atomic mass is 16.6. The maximum atomic E-state index is 11.0. The minimum atomic E-state index is -0.0959. The second-order valence-electron chi connectivity index (χ2n) is 2.72. The Bertz CT molecular complexity index is 127. The van der Waals surface area contributed by atoms with Crippen molar-refractivity contribution in [3.63, 3.8) is 0 Å². The van der Waals surface area contributed by atoms with Gasteiger partial charge in [-0.25, -0.2) is 5.48 Å². The van der Waals surface area contributed by atoms with Gasteiger partial charge in [-0.05, 0) is 12.8 Å². The van der Waals surface area contributed by atoms with Gasteiger partial charge in [0.25, 0.3) is 0 Å². The van der Waals surface area contributed by atoms with Crippen LogP contribution in [0.25, 0.3) is 0 Å². The molecule has 0 aromatic heterocycles. The van der Waals surface area contributed by atoms with Crippen LogP contribution in [0.3, 0.4) is 0 Å². The van der Waals surface area contributed by atoms with Crippen molar-refractivity contribution in [2.45, 2.75) is 20.3 Å². The molecule has 1 N–H and O–H groups in total. The first-order valence-electron chi connectivity index (χ1n) is 4.10. The van der Waals surface area contributed by atoms with Crippen LogP contribution in [0.2, 0.25) is 0 Å². The molecule has 0 bridgehead atoms. The maximum absolute atomic E-state index is 11.0. The Morgan fingerprint density at radius 3 is 2.75 bits per heavy atom. The van der Waals surface area contributed by atoms with E-state index in [0.29, 0.717) is 19.6 Å². The van der Waals surface area contributed by atoms with Crippen molar-refractivity contribution in [2.75, 3.05) is 20.3 Å². The lowest BCUT2D eigenvalue weighted by Gasteiger charge is -2.09. The molecule has 0 radical (unpaired) electrons. The van der Waals surface area contributed by atoms with Gasteiger partial charge in [-0.15, -0.1) is 0 Å². The van der Waals surface area contributed by atoms with Crippen LogP contribution in [0.1, 0.15) is 20.3 Å². The van der Waals surface area contributed by atoms with Crippen LogP contribution in [0.5, 0.6) is 0 Å². The van der Waals surface area contributed by atoms with E-state index in [2.05, 4.69) is 5.48 Å². The van der Waals surface area contributed by atoms with E-state index in [1.54, 1.807) is 7.11 Å². The molecule has 0 aliphatic heterocycles. The summed E-state index contributed by atoms with van der Waals surface area (Å²) in [6.07, 6.45) is 0.438. The summed E-state index contributed by atoms with van der Waals surface area (Å²) in [5, 5.41) is 0. The van der Waals surface area contributed by atoms with Crippen LogP contribution in [0.15, 0.2) is 0 Å². The molecular formula is C8H17NO3. The highest BCUT2D eigenvalue weighted by molar-refractivity contribution is 5.74. The molecule has 4 nitrogen and oxygen atoms in total. The first kappa shape index (κ1) is 11.4. The lowest BCUT2D eigenvalue weighted by molar-refractivity contribution is -0.134. The minimum Gasteiger partial charge on any atom is -0.384 e. The zero-order chi connectivity index (χ0) is 9.40. The maximum Gasteiger partial charge on any atom is 0.243 e. The molecule has 0 aromatic carbocycles. The zero-order valence-electron chi connectivity index (χ0n) is 7.92. The predicted octanol–water partition coefficient (Wildman–Crippen LogP) is 0.727. The molecule has 12 heavy (non-hydrogen) atoms. The number of hydrogen-bond donors (Lipinski definition) is 1. The summed E-state index contributed by atoms with van der Waals surface area (Å²) < 4.78 is 4.89. The van der Waals surface area contributed by atoms with E-state index >= 15 is 0 Å². The summed E-state index contributed by atoms with van der Waals surface area (Å²) in [7, 11) is 1.62. The number of rotatable bonds is 6. The van der Waals surface area contributed by atoms with Gasteiger partial charge in [-0.1, -0.05) is 6.92 Å². The van der Waals surface area contributed by atoms with Crippen LogP contribution in [-0.4, -0.2) is 26.2 Å². The van der Waals surface area contributed by atoms with E-state index in [-0.39, 0.29) is 11.8 Å². The van der Waals surface area contributed by atoms with Gasteiger partial charge in [-0.3, -0.25) is 9.63 Å². The van der Waals surface area contributed by atoms with E-state index in [1.807, 2.05) is 13.8 Å². The molecular weight excluding hydrogens is 158 g/mol. The molecule has 0 saturated carbocycles. The van der Waals surface area contributed by atoms with Crippen LogP contribution in [0.4, 0.5) is 0 Å². The summed E-state index contributed by atoms with van der Waals surface area (Å²) in [5.74, 6) is 0.136. The number of carbonyl (C=O) groups excluding carboxylic acids is 1. The van der Waals surface area contributed by atoms with Gasteiger partial charge >= 0.3 is 0 Å². The van der Waals surface area contributed by atoms with Crippen molar-refractivity contribution in [3.05, 3.63) is 0 Å². The third kappa shape index (κ3) is 6.12. The normalized spacial score (nSPS) is 12.6. The summed E-state index contributed by atoms with van der Waals surface area (Å²) >= 11 is 0. The Hall–Kier alpha value is -0.610. The number of hydroxylamine groups is 1. The second-order valence-corrected chi connectivity index (χ2v) is 2.72. The molecule has 0 aromatic rings. The molecule has 0 saturated heterocycles. The number of ether oxygens (including phenoxy) is 1. The molecule has 72 valence electrons. The molecule has 0 aliphatic rings. The lowest BCUT2D eigenvalue weighted by atomic mass is 10.1. The Labute approximate surface area is 73.2 Å². The quantitative estimate of drug-likeness (QED) is 0.605. The van der Waals surface area contributed by atoms with E-state index < -0.39 is 0 Å². The number of carbonyl (C=O) groups is 1. The first-order chi connectivity index (χ1) is 5.70. The van der Waals surface area contributed by atoms with Gasteiger partial charge in [0, 0.05) is 20.1 Å². The van der Waals surface area contributed by atoms with E-state index in [0.717, 1.165) is 0 Å². The van der Waals surface area contributed by atoms with Crippen molar-refractivity contribution < 1.29 is 14.4 Å². The predicted molar refractivity (Wildman–Crippen MR) is 45.4 cm³/mol. The van der Waals surface area contributed by atoms with Gasteiger partial charge in [0.2, 0.25) is 5.91 Å². The third-order valence-electron chi connectivity index (χ3n) is 1.32. The molecule has 1 amide bonds. The minimum absolute atomic E-state index is 0.0959. The van der Waals surface area contributed by atoms with Gasteiger partial charge in [0.1, 0.15) is 0 Å². The SMILES string of the molecule is CCONC(=O)CC(C)COC. The summed E-state index contributed by atoms with van der Waals surface area (Å²) in [5.41, 5.74) is 2.33. The molecule has 4 heteroatoms. The summed E-state index contributed by atoms with van der Waals surface area (Å²) in [6.45, 7) is 4.86. The summed E-state index contributed by atoms with van der Waals surface area (Å²) in [4.78, 5) is 15.7. The van der Waals surface area contributed by atoms with Crippen LogP contribution < -0.4 is 5.48 Å². The van der Waals surface area contributed by atoms with Crippen LogP contribution in [0, 0.1) is 5.92 Å². The Kier molecular flexibility index (Phi) is 6.70. The third-order valence-corrected chi connectivity index (χ3v) is 1.32. The molecule has 0 heterocycles. The van der Waals surface area contributed by atoms with Gasteiger partial charge < -0.3 is 4.74 Å². The summed E-state index contributed by atoms with van der Waals surface area (Å²) in [6, 6.07) is 0. The fraction of sp³-hybridized carbons (Fsp3) is 0.875. The largest absolute Gasteiger partial charge is 0.384 e. The van der Waals surface area contributed by atoms with E-state index in [9.17, 15) is 4.79 Å². The average Bonchev–Trinajstić information content (AvgIpc) is 2.01. The van der Waals surface area contributed by atoms with Crippen LogP contribution in [-0.2, 0) is 14.4 Å².